The molecule has 2 aliphatic heterocycles. The van der Waals surface area contributed by atoms with Crippen molar-refractivity contribution in [3.8, 4) is 12.1 Å². The van der Waals surface area contributed by atoms with Gasteiger partial charge in [0.2, 0.25) is 5.88 Å². The highest BCUT2D eigenvalue weighted by Gasteiger charge is 2.37. The number of nitrogens with two attached hydrogens (primary N) is 1. The van der Waals surface area contributed by atoms with Crippen molar-refractivity contribution in [2.45, 2.75) is 43.7 Å². The van der Waals surface area contributed by atoms with Crippen LogP contribution in [0.25, 0.3) is 0 Å². The Morgan fingerprint density at radius 1 is 1.30 bits per heavy atom. The van der Waals surface area contributed by atoms with Gasteiger partial charge in [0, 0.05) is 25.2 Å². The molecule has 190 valence electrons. The van der Waals surface area contributed by atoms with E-state index in [9.17, 15) is 15.3 Å². The Kier molecular flexibility index (Phi) is 7.87. The fourth-order valence-corrected chi connectivity index (χ4v) is 5.50. The number of hydrogen-bond acceptors (Lipinski definition) is 9. The standard InChI is InChI=1S/C28H29N5O3S/c1-16(2)17-5-7-18(8-6-17)24-21(13-30)26(31)36-23(25(24)28(34)35-4)15-37-27-19(12-29)11-20-14-33(3)10-9-22(20)32-27/h5-8,11,16,24H,9-10,14-15,31H2,1-4H3. The number of fused-ring (bicyclic) bond motifs is 1. The first-order valence-electron chi connectivity index (χ1n) is 12.0. The molecule has 1 unspecified atom stereocenters. The Morgan fingerprint density at radius 3 is 2.65 bits per heavy atom. The summed E-state index contributed by atoms with van der Waals surface area (Å²) in [6.45, 7) is 5.84. The number of nitrogens with zero attached hydrogens (tertiary/aromatic N) is 4. The second-order valence-corrected chi connectivity index (χ2v) is 10.4. The summed E-state index contributed by atoms with van der Waals surface area (Å²) in [6.07, 6.45) is 0.799. The average Bonchev–Trinajstić information content (AvgIpc) is 2.90. The van der Waals surface area contributed by atoms with Crippen LogP contribution >= 0.6 is 11.8 Å². The number of thioether (sulfide) groups is 1. The van der Waals surface area contributed by atoms with E-state index < -0.39 is 11.9 Å². The number of likely N-dealkylation sites (N-methyl/N-ethyl adjacent to an activating group) is 1. The molecule has 37 heavy (non-hydrogen) atoms. The molecule has 0 aliphatic carbocycles. The van der Waals surface area contributed by atoms with Crippen LogP contribution in [-0.4, -0.2) is 42.3 Å². The van der Waals surface area contributed by atoms with E-state index in [1.54, 1.807) is 0 Å². The summed E-state index contributed by atoms with van der Waals surface area (Å²) in [5.74, 6) is -0.576. The smallest absolute Gasteiger partial charge is 0.338 e. The summed E-state index contributed by atoms with van der Waals surface area (Å²) < 4.78 is 10.9. The minimum Gasteiger partial charge on any atom is -0.466 e. The van der Waals surface area contributed by atoms with Gasteiger partial charge in [0.1, 0.15) is 28.5 Å². The van der Waals surface area contributed by atoms with Gasteiger partial charge < -0.3 is 20.1 Å². The third kappa shape index (κ3) is 5.34. The number of carbonyl (C=O) groups excluding carboxylic acids is 1. The van der Waals surface area contributed by atoms with Gasteiger partial charge in [-0.1, -0.05) is 49.9 Å². The van der Waals surface area contributed by atoms with Gasteiger partial charge in [-0.2, -0.15) is 10.5 Å². The third-order valence-corrected chi connectivity index (χ3v) is 7.62. The van der Waals surface area contributed by atoms with E-state index in [0.29, 0.717) is 16.5 Å². The molecule has 1 aromatic carbocycles. The first-order valence-corrected chi connectivity index (χ1v) is 13.0. The minimum absolute atomic E-state index is 0.0503. The molecule has 0 amide bonds. The summed E-state index contributed by atoms with van der Waals surface area (Å²) in [5, 5.41) is 20.2. The van der Waals surface area contributed by atoms with Crippen LogP contribution in [0.3, 0.4) is 0 Å². The first-order chi connectivity index (χ1) is 17.8. The molecule has 1 atom stereocenters. The number of allylic oxidation sites excluding steroid dienone is 1. The molecule has 2 N–H and O–H groups in total. The van der Waals surface area contributed by atoms with Gasteiger partial charge >= 0.3 is 5.97 Å². The van der Waals surface area contributed by atoms with Crippen molar-refractivity contribution in [1.29, 1.82) is 10.5 Å². The number of benzene rings is 1. The monoisotopic (exact) mass is 515 g/mol. The van der Waals surface area contributed by atoms with Crippen molar-refractivity contribution < 1.29 is 14.3 Å². The van der Waals surface area contributed by atoms with Crippen LogP contribution in [0.5, 0.6) is 0 Å². The zero-order valence-corrected chi connectivity index (χ0v) is 22.2. The minimum atomic E-state index is -0.731. The van der Waals surface area contributed by atoms with Crippen LogP contribution in [-0.2, 0) is 27.2 Å². The number of nitriles is 2. The highest BCUT2D eigenvalue weighted by atomic mass is 32.2. The lowest BCUT2D eigenvalue weighted by Crippen LogP contribution is -2.27. The molecule has 1 aromatic heterocycles. The van der Waals surface area contributed by atoms with Crippen LogP contribution in [0.1, 0.15) is 53.6 Å². The highest BCUT2D eigenvalue weighted by Crippen LogP contribution is 2.41. The highest BCUT2D eigenvalue weighted by molar-refractivity contribution is 7.99. The molecular formula is C28H29N5O3S. The summed E-state index contributed by atoms with van der Waals surface area (Å²) in [6, 6.07) is 14.0. The van der Waals surface area contributed by atoms with Crippen molar-refractivity contribution in [3.63, 3.8) is 0 Å². The molecule has 0 saturated heterocycles. The largest absolute Gasteiger partial charge is 0.466 e. The molecule has 8 nitrogen and oxygen atoms in total. The van der Waals surface area contributed by atoms with Gasteiger partial charge in [0.25, 0.3) is 0 Å². The quantitative estimate of drug-likeness (QED) is 0.447. The van der Waals surface area contributed by atoms with Gasteiger partial charge in [-0.3, -0.25) is 0 Å². The summed E-state index contributed by atoms with van der Waals surface area (Å²) in [7, 11) is 3.33. The van der Waals surface area contributed by atoms with Gasteiger partial charge in [0.15, 0.2) is 0 Å². The van der Waals surface area contributed by atoms with Gasteiger partial charge in [-0.05, 0) is 35.7 Å². The van der Waals surface area contributed by atoms with Gasteiger partial charge in [-0.15, -0.1) is 0 Å². The van der Waals surface area contributed by atoms with Crippen LogP contribution in [0.15, 0.2) is 58.1 Å². The molecule has 0 fully saturated rings. The Bertz CT molecular complexity index is 1370. The van der Waals surface area contributed by atoms with E-state index in [4.69, 9.17) is 20.2 Å². The lowest BCUT2D eigenvalue weighted by Gasteiger charge is -2.28. The van der Waals surface area contributed by atoms with E-state index in [1.807, 2.05) is 37.4 Å². The number of aromatic nitrogens is 1. The predicted octanol–water partition coefficient (Wildman–Crippen LogP) is 4.09. The molecule has 0 saturated carbocycles. The second kappa shape index (κ2) is 11.1. The van der Waals surface area contributed by atoms with E-state index >= 15 is 0 Å². The van der Waals surface area contributed by atoms with Crippen LogP contribution in [0.4, 0.5) is 0 Å². The number of carbonyl (C=O) groups is 1. The van der Waals surface area contributed by atoms with Crippen molar-refractivity contribution in [3.05, 3.63) is 81.1 Å². The second-order valence-electron chi connectivity index (χ2n) is 9.41. The van der Waals surface area contributed by atoms with Gasteiger partial charge in [0.05, 0.1) is 29.9 Å². The number of methoxy groups -OCH3 is 1. The lowest BCUT2D eigenvalue weighted by molar-refractivity contribution is -0.136. The number of pyridine rings is 1. The number of ether oxygens (including phenoxy) is 2. The van der Waals surface area contributed by atoms with Crippen molar-refractivity contribution in [2.24, 2.45) is 5.73 Å². The summed E-state index contributed by atoms with van der Waals surface area (Å²) in [5.41, 5.74) is 10.9. The molecule has 2 aliphatic rings. The molecule has 0 spiro atoms. The fraction of sp³-hybridized carbons (Fsp3) is 0.357. The van der Waals surface area contributed by atoms with Crippen molar-refractivity contribution in [1.82, 2.24) is 9.88 Å². The molecule has 4 rings (SSSR count). The van der Waals surface area contributed by atoms with Crippen LogP contribution < -0.4 is 5.73 Å². The SMILES string of the molecule is COC(=O)C1=C(CSc2nc3c(cc2C#N)CN(C)CC3)OC(N)=C(C#N)C1c1ccc(C(C)C)cc1. The molecule has 9 heteroatoms. The van der Waals surface area contributed by atoms with E-state index in [-0.39, 0.29) is 28.5 Å². The molecule has 3 heterocycles. The Balaban J connectivity index is 1.73. The molecular weight excluding hydrogens is 486 g/mol. The number of rotatable bonds is 6. The maximum Gasteiger partial charge on any atom is 0.338 e. The number of esters is 1. The third-order valence-electron chi connectivity index (χ3n) is 6.63. The molecule has 2 aromatic rings. The molecule has 0 radical (unpaired) electrons. The zero-order chi connectivity index (χ0) is 26.7. The Labute approximate surface area is 221 Å². The maximum atomic E-state index is 13.0. The Morgan fingerprint density at radius 2 is 2.03 bits per heavy atom. The normalized spacial score (nSPS) is 17.6. The van der Waals surface area contributed by atoms with Crippen molar-refractivity contribution >= 4 is 17.7 Å². The average molecular weight is 516 g/mol. The fourth-order valence-electron chi connectivity index (χ4n) is 4.58. The van der Waals surface area contributed by atoms with Crippen molar-refractivity contribution in [2.75, 3.05) is 26.5 Å². The van der Waals surface area contributed by atoms with Crippen LogP contribution in [0, 0.1) is 22.7 Å². The maximum absolute atomic E-state index is 13.0. The Hall–Kier alpha value is -3.79. The zero-order valence-electron chi connectivity index (χ0n) is 21.4. The predicted molar refractivity (Wildman–Crippen MR) is 140 cm³/mol. The first kappa shape index (κ1) is 26.3. The molecule has 0 bridgehead atoms. The lowest BCUT2D eigenvalue weighted by atomic mass is 9.82. The summed E-state index contributed by atoms with van der Waals surface area (Å²) >= 11 is 1.30. The van der Waals surface area contributed by atoms with E-state index in [1.165, 1.54) is 18.9 Å². The number of hydrogen-bond donors (Lipinski definition) is 1. The van der Waals surface area contributed by atoms with E-state index in [2.05, 4.69) is 30.9 Å². The van der Waals surface area contributed by atoms with Gasteiger partial charge in [-0.25, -0.2) is 9.78 Å². The van der Waals surface area contributed by atoms with E-state index in [0.717, 1.165) is 41.9 Å². The summed E-state index contributed by atoms with van der Waals surface area (Å²) in [4.78, 5) is 20.0. The van der Waals surface area contributed by atoms with Crippen LogP contribution in [0.2, 0.25) is 0 Å². The topological polar surface area (TPSA) is 125 Å².